The zero-order chi connectivity index (χ0) is 27.3. The van der Waals surface area contributed by atoms with Gasteiger partial charge in [0.05, 0.1) is 12.8 Å². The van der Waals surface area contributed by atoms with Gasteiger partial charge in [-0.15, -0.1) is 0 Å². The highest BCUT2D eigenvalue weighted by molar-refractivity contribution is 5.06. The molecule has 0 aromatic rings. The molecule has 0 aromatic heterocycles. The average molecular weight is 546 g/mol. The molecular formula is C12H6F20O. The first-order chi connectivity index (χ1) is 14.0. The van der Waals surface area contributed by atoms with Gasteiger partial charge in [0.1, 0.15) is 0 Å². The van der Waals surface area contributed by atoms with Crippen molar-refractivity contribution in [3.05, 3.63) is 0 Å². The fourth-order valence-corrected chi connectivity index (χ4v) is 2.05. The van der Waals surface area contributed by atoms with Crippen LogP contribution in [-0.4, -0.2) is 60.6 Å². The fourth-order valence-electron chi connectivity index (χ4n) is 2.05. The van der Waals surface area contributed by atoms with E-state index in [1.54, 1.807) is 0 Å². The summed E-state index contributed by atoms with van der Waals surface area (Å²) < 4.78 is 257. The third kappa shape index (κ3) is 6.37. The summed E-state index contributed by atoms with van der Waals surface area (Å²) in [7, 11) is 0. The van der Waals surface area contributed by atoms with Crippen molar-refractivity contribution in [2.75, 3.05) is 0 Å². The molecule has 0 radical (unpaired) electrons. The fraction of sp³-hybridized carbons (Fsp3) is 1.00. The summed E-state index contributed by atoms with van der Waals surface area (Å²) in [5.41, 5.74) is -15.2. The molecule has 0 aliphatic carbocycles. The summed E-state index contributed by atoms with van der Waals surface area (Å²) >= 11 is 0. The van der Waals surface area contributed by atoms with Gasteiger partial charge in [-0.25, -0.2) is 22.3 Å². The quantitative estimate of drug-likeness (QED) is 0.291. The molecule has 0 saturated heterocycles. The van der Waals surface area contributed by atoms with Crippen LogP contribution in [0.5, 0.6) is 0 Å². The Balaban J connectivity index is 6.66. The van der Waals surface area contributed by atoms with Gasteiger partial charge in [0.25, 0.3) is 0 Å². The first-order valence-electron chi connectivity index (χ1n) is 7.35. The van der Waals surface area contributed by atoms with E-state index in [0.29, 0.717) is 0 Å². The Morgan fingerprint density at radius 3 is 0.788 bits per heavy atom. The summed E-state index contributed by atoms with van der Waals surface area (Å²) in [4.78, 5) is 0. The first-order valence-corrected chi connectivity index (χ1v) is 7.35. The molecule has 0 saturated carbocycles. The molecule has 0 aliphatic heterocycles. The Morgan fingerprint density at radius 1 is 0.424 bits per heavy atom. The van der Waals surface area contributed by atoms with Crippen LogP contribution in [0.3, 0.4) is 0 Å². The second-order valence-corrected chi connectivity index (χ2v) is 6.13. The van der Waals surface area contributed by atoms with Crippen molar-refractivity contribution in [2.24, 2.45) is 0 Å². The molecule has 0 aliphatic rings. The van der Waals surface area contributed by atoms with E-state index in [1.165, 1.54) is 4.74 Å². The van der Waals surface area contributed by atoms with Crippen molar-refractivity contribution in [1.82, 2.24) is 0 Å². The Kier molecular flexibility index (Phi) is 8.27. The molecule has 0 N–H and O–H groups in total. The minimum atomic E-state index is -7.90. The van der Waals surface area contributed by atoms with Crippen LogP contribution >= 0.6 is 0 Å². The number of hydrogen-bond donors (Lipinski definition) is 0. The third-order valence-corrected chi connectivity index (χ3v) is 3.61. The highest BCUT2D eigenvalue weighted by Crippen LogP contribution is 2.57. The number of hydrogen-bond acceptors (Lipinski definition) is 1. The predicted molar refractivity (Wildman–Crippen MR) is 61.9 cm³/mol. The highest BCUT2D eigenvalue weighted by Gasteiger charge is 2.84. The van der Waals surface area contributed by atoms with Gasteiger partial charge < -0.3 is 0 Å². The Morgan fingerprint density at radius 2 is 0.636 bits per heavy atom. The summed E-state index contributed by atoms with van der Waals surface area (Å²) in [5, 5.41) is 0. The van der Waals surface area contributed by atoms with E-state index in [4.69, 9.17) is 0 Å². The van der Waals surface area contributed by atoms with Crippen LogP contribution in [0.2, 0.25) is 0 Å². The van der Waals surface area contributed by atoms with Crippen molar-refractivity contribution in [2.45, 2.75) is 73.4 Å². The summed E-state index contributed by atoms with van der Waals surface area (Å²) in [6, 6.07) is 0. The Labute approximate surface area is 167 Å². The van der Waals surface area contributed by atoms with Crippen molar-refractivity contribution in [3.8, 4) is 0 Å². The Hall–Kier alpha value is -1.44. The molecule has 0 aromatic carbocycles. The van der Waals surface area contributed by atoms with Crippen LogP contribution in [0.15, 0.2) is 0 Å². The largest absolute Gasteiger partial charge is 0.434 e. The smallest absolute Gasteiger partial charge is 0.249 e. The van der Waals surface area contributed by atoms with Crippen molar-refractivity contribution < 1.29 is 92.5 Å². The molecular weight excluding hydrogens is 540 g/mol. The van der Waals surface area contributed by atoms with Crippen LogP contribution in [0.25, 0.3) is 0 Å². The van der Waals surface area contributed by atoms with Crippen LogP contribution in [0, 0.1) is 0 Å². The van der Waals surface area contributed by atoms with Gasteiger partial charge in [0, 0.05) is 0 Å². The molecule has 4 atom stereocenters. The standard InChI is InChI=1S/C12H6F20O/c13-3(1-5(15,16)17)7(21,9(23,24)25)11(29,30)33-12(31,32)8(22,10(26,27)28)4(14)2-6(18,19)20/h3-4H,1-2H2. The lowest BCUT2D eigenvalue weighted by atomic mass is 9.92. The van der Waals surface area contributed by atoms with E-state index >= 15 is 0 Å². The van der Waals surface area contributed by atoms with Gasteiger partial charge >= 0.3 is 48.3 Å². The van der Waals surface area contributed by atoms with Crippen LogP contribution < -0.4 is 0 Å². The number of rotatable bonds is 8. The van der Waals surface area contributed by atoms with Gasteiger partial charge in [0.15, 0.2) is 12.3 Å². The number of ether oxygens (including phenoxy) is 1. The normalized spacial score (nSPS) is 20.7. The minimum absolute atomic E-state index is 1.41. The average Bonchev–Trinajstić information content (AvgIpc) is 2.45. The Bertz CT molecular complexity index is 600. The van der Waals surface area contributed by atoms with Crippen molar-refractivity contribution >= 4 is 0 Å². The van der Waals surface area contributed by atoms with E-state index in [-0.39, 0.29) is 0 Å². The van der Waals surface area contributed by atoms with E-state index in [0.717, 1.165) is 0 Å². The first kappa shape index (κ1) is 31.6. The number of halogens is 20. The van der Waals surface area contributed by atoms with E-state index in [1.807, 2.05) is 0 Å². The van der Waals surface area contributed by atoms with Gasteiger partial charge in [-0.1, -0.05) is 0 Å². The molecule has 0 rings (SSSR count). The van der Waals surface area contributed by atoms with Crippen molar-refractivity contribution in [3.63, 3.8) is 0 Å². The maximum absolute atomic E-state index is 13.8. The molecule has 4 unspecified atom stereocenters. The van der Waals surface area contributed by atoms with E-state index in [2.05, 4.69) is 0 Å². The SMILES string of the molecule is FC(CC(F)(F)F)C(F)(C(F)(F)F)C(F)(F)OC(F)(F)C(F)(C(F)CC(F)(F)F)C(F)(F)F. The number of alkyl halides is 20. The monoisotopic (exact) mass is 546 g/mol. The van der Waals surface area contributed by atoms with E-state index in [9.17, 15) is 87.8 Å². The van der Waals surface area contributed by atoms with E-state index < -0.39 is 73.4 Å². The third-order valence-electron chi connectivity index (χ3n) is 3.61. The molecule has 0 fully saturated rings. The summed E-state index contributed by atoms with van der Waals surface area (Å²) in [5.74, 6) is 0. The van der Waals surface area contributed by atoms with Gasteiger partial charge in [0.2, 0.25) is 0 Å². The second kappa shape index (κ2) is 8.65. The minimum Gasteiger partial charge on any atom is -0.249 e. The predicted octanol–water partition coefficient (Wildman–Crippen LogP) is 7.31. The van der Waals surface area contributed by atoms with Gasteiger partial charge in [-0.05, 0) is 0 Å². The molecule has 1 nitrogen and oxygen atoms in total. The highest BCUT2D eigenvalue weighted by atomic mass is 19.4. The van der Waals surface area contributed by atoms with Crippen molar-refractivity contribution in [1.29, 1.82) is 0 Å². The molecule has 0 spiro atoms. The second-order valence-electron chi connectivity index (χ2n) is 6.13. The van der Waals surface area contributed by atoms with Crippen LogP contribution in [0.1, 0.15) is 12.8 Å². The molecule has 33 heavy (non-hydrogen) atoms. The molecule has 0 heterocycles. The lowest BCUT2D eigenvalue weighted by Gasteiger charge is -2.41. The van der Waals surface area contributed by atoms with Crippen LogP contribution in [-0.2, 0) is 4.74 Å². The topological polar surface area (TPSA) is 9.23 Å². The zero-order valence-corrected chi connectivity index (χ0v) is 14.5. The lowest BCUT2D eigenvalue weighted by Crippen LogP contribution is -2.69. The maximum atomic E-state index is 13.8. The molecule has 200 valence electrons. The van der Waals surface area contributed by atoms with Gasteiger partial charge in [-0.2, -0.15) is 70.2 Å². The van der Waals surface area contributed by atoms with Gasteiger partial charge in [-0.3, -0.25) is 0 Å². The summed E-state index contributed by atoms with van der Waals surface area (Å²) in [6.07, 6.45) is -62.8. The molecule has 0 bridgehead atoms. The maximum Gasteiger partial charge on any atom is 0.434 e. The zero-order valence-electron chi connectivity index (χ0n) is 14.5. The van der Waals surface area contributed by atoms with Crippen LogP contribution in [0.4, 0.5) is 87.8 Å². The summed E-state index contributed by atoms with van der Waals surface area (Å²) in [6.45, 7) is 0. The lowest BCUT2D eigenvalue weighted by molar-refractivity contribution is -0.493. The molecule has 21 heteroatoms. The molecule has 0 amide bonds.